The first kappa shape index (κ1) is 12.9. The molecule has 0 amide bonds. The van der Waals surface area contributed by atoms with E-state index in [-0.39, 0.29) is 18.1 Å². The fourth-order valence-electron chi connectivity index (χ4n) is 2.41. The highest BCUT2D eigenvalue weighted by Crippen LogP contribution is 2.26. The van der Waals surface area contributed by atoms with Crippen LogP contribution in [0.5, 0.6) is 0 Å². The molecule has 3 nitrogen and oxygen atoms in total. The van der Waals surface area contributed by atoms with Crippen LogP contribution >= 0.6 is 15.9 Å². The maximum atomic E-state index is 9.72. The highest BCUT2D eigenvalue weighted by atomic mass is 79.9. The van der Waals surface area contributed by atoms with Gasteiger partial charge in [0.15, 0.2) is 0 Å². The van der Waals surface area contributed by atoms with Crippen molar-refractivity contribution in [3.63, 3.8) is 0 Å². The topological polar surface area (TPSA) is 49.5 Å². The molecule has 3 N–H and O–H groups in total. The molecule has 1 aliphatic heterocycles. The maximum Gasteiger partial charge on any atom is 0.0557 e. The van der Waals surface area contributed by atoms with Gasteiger partial charge in [-0.05, 0) is 31.5 Å². The number of benzene rings is 1. The highest BCUT2D eigenvalue weighted by Gasteiger charge is 2.28. The lowest BCUT2D eigenvalue weighted by Gasteiger charge is -2.39. The number of nitrogens with zero attached hydrogens (tertiary/aromatic N) is 1. The summed E-state index contributed by atoms with van der Waals surface area (Å²) >= 11 is 3.48. The van der Waals surface area contributed by atoms with E-state index < -0.39 is 0 Å². The number of piperidine rings is 1. The number of nitrogens with two attached hydrogens (primary N) is 1. The van der Waals surface area contributed by atoms with Gasteiger partial charge in [0.2, 0.25) is 0 Å². The minimum atomic E-state index is -0.295. The normalized spacial score (nSPS) is 26.9. The van der Waals surface area contributed by atoms with Crippen LogP contribution in [-0.2, 0) is 0 Å². The Balaban J connectivity index is 2.15. The smallest absolute Gasteiger partial charge is 0.0557 e. The molecule has 1 aliphatic rings. The number of rotatable bonds is 2. The average molecular weight is 299 g/mol. The maximum absolute atomic E-state index is 9.72. The van der Waals surface area contributed by atoms with Crippen LogP contribution in [0, 0.1) is 5.92 Å². The number of hydrogen-bond acceptors (Lipinski definition) is 3. The Kier molecular flexibility index (Phi) is 4.07. The zero-order valence-electron chi connectivity index (χ0n) is 10.0. The Bertz CT molecular complexity index is 383. The Morgan fingerprint density at radius 3 is 2.88 bits per heavy atom. The van der Waals surface area contributed by atoms with Crippen LogP contribution in [0.3, 0.4) is 0 Å². The molecule has 17 heavy (non-hydrogen) atoms. The quantitative estimate of drug-likeness (QED) is 0.878. The fourth-order valence-corrected chi connectivity index (χ4v) is 2.80. The molecule has 1 fully saturated rings. The Morgan fingerprint density at radius 2 is 2.24 bits per heavy atom. The van der Waals surface area contributed by atoms with Crippen molar-refractivity contribution in [1.82, 2.24) is 0 Å². The van der Waals surface area contributed by atoms with Crippen molar-refractivity contribution in [2.24, 2.45) is 11.7 Å². The van der Waals surface area contributed by atoms with Gasteiger partial charge < -0.3 is 15.7 Å². The summed E-state index contributed by atoms with van der Waals surface area (Å²) in [5.41, 5.74) is 7.23. The van der Waals surface area contributed by atoms with E-state index in [9.17, 15) is 5.11 Å². The predicted octanol–water partition coefficient (Wildman–Crippen LogP) is 1.98. The molecule has 1 saturated heterocycles. The summed E-state index contributed by atoms with van der Waals surface area (Å²) in [5.74, 6) is 0.262. The SMILES string of the molecule is CC(O)C1CC(N)CN(c2cccc(Br)c2)C1. The summed E-state index contributed by atoms with van der Waals surface area (Å²) in [6.45, 7) is 3.59. The van der Waals surface area contributed by atoms with E-state index in [1.807, 2.05) is 19.1 Å². The van der Waals surface area contributed by atoms with Crippen LogP contribution in [0.2, 0.25) is 0 Å². The van der Waals surface area contributed by atoms with Crippen LogP contribution in [0.4, 0.5) is 5.69 Å². The number of anilines is 1. The van der Waals surface area contributed by atoms with E-state index in [1.54, 1.807) is 0 Å². The minimum Gasteiger partial charge on any atom is -0.393 e. The first-order valence-electron chi connectivity index (χ1n) is 6.00. The summed E-state index contributed by atoms with van der Waals surface area (Å²) in [7, 11) is 0. The zero-order valence-corrected chi connectivity index (χ0v) is 11.6. The van der Waals surface area contributed by atoms with Crippen LogP contribution in [0.15, 0.2) is 28.7 Å². The first-order chi connectivity index (χ1) is 8.06. The second-order valence-corrected chi connectivity index (χ2v) is 5.80. The van der Waals surface area contributed by atoms with Crippen molar-refractivity contribution in [2.75, 3.05) is 18.0 Å². The number of aliphatic hydroxyl groups is 1. The van der Waals surface area contributed by atoms with E-state index >= 15 is 0 Å². The zero-order chi connectivity index (χ0) is 12.4. The van der Waals surface area contributed by atoms with E-state index in [2.05, 4.69) is 33.0 Å². The number of hydrogen-bond donors (Lipinski definition) is 2. The second-order valence-electron chi connectivity index (χ2n) is 4.88. The van der Waals surface area contributed by atoms with Crippen LogP contribution in [0.1, 0.15) is 13.3 Å². The van der Waals surface area contributed by atoms with Crippen molar-refractivity contribution in [3.8, 4) is 0 Å². The fraction of sp³-hybridized carbons (Fsp3) is 0.538. The molecular weight excluding hydrogens is 280 g/mol. The molecule has 3 unspecified atom stereocenters. The van der Waals surface area contributed by atoms with Gasteiger partial charge in [-0.1, -0.05) is 22.0 Å². The summed E-state index contributed by atoms with van der Waals surface area (Å²) in [4.78, 5) is 2.26. The monoisotopic (exact) mass is 298 g/mol. The van der Waals surface area contributed by atoms with Crippen LogP contribution in [-0.4, -0.2) is 30.3 Å². The van der Waals surface area contributed by atoms with Gasteiger partial charge >= 0.3 is 0 Å². The standard InChI is InChI=1S/C13H19BrN2O/c1-9(17)10-5-12(15)8-16(7-10)13-4-2-3-11(14)6-13/h2-4,6,9-10,12,17H,5,7-8,15H2,1H3. The van der Waals surface area contributed by atoms with Crippen LogP contribution < -0.4 is 10.6 Å². The molecule has 2 rings (SSSR count). The Labute approximate surface area is 111 Å². The Hall–Kier alpha value is -0.580. The number of aliphatic hydroxyl groups excluding tert-OH is 1. The molecule has 1 aromatic carbocycles. The number of halogens is 1. The second kappa shape index (κ2) is 5.38. The molecule has 94 valence electrons. The lowest BCUT2D eigenvalue weighted by Crippen LogP contribution is -2.49. The van der Waals surface area contributed by atoms with Crippen molar-refractivity contribution >= 4 is 21.6 Å². The van der Waals surface area contributed by atoms with Crippen molar-refractivity contribution in [3.05, 3.63) is 28.7 Å². The molecule has 4 heteroatoms. The summed E-state index contributed by atoms with van der Waals surface area (Å²) in [5, 5.41) is 9.72. The minimum absolute atomic E-state index is 0.141. The lowest BCUT2D eigenvalue weighted by molar-refractivity contribution is 0.110. The predicted molar refractivity (Wildman–Crippen MR) is 74.1 cm³/mol. The third kappa shape index (κ3) is 3.21. The third-order valence-corrected chi connectivity index (χ3v) is 3.86. The van der Waals surface area contributed by atoms with Gasteiger partial charge in [-0.15, -0.1) is 0 Å². The molecule has 0 aromatic heterocycles. The molecule has 1 heterocycles. The van der Waals surface area contributed by atoms with Crippen molar-refractivity contribution in [1.29, 1.82) is 0 Å². The third-order valence-electron chi connectivity index (χ3n) is 3.37. The van der Waals surface area contributed by atoms with Gasteiger partial charge in [-0.25, -0.2) is 0 Å². The summed E-state index contributed by atoms with van der Waals surface area (Å²) < 4.78 is 1.07. The van der Waals surface area contributed by atoms with E-state index in [0.717, 1.165) is 24.0 Å². The molecule has 0 spiro atoms. The summed E-state index contributed by atoms with van der Waals surface area (Å²) in [6, 6.07) is 8.36. The Morgan fingerprint density at radius 1 is 1.47 bits per heavy atom. The molecular formula is C13H19BrN2O. The van der Waals surface area contributed by atoms with Crippen molar-refractivity contribution < 1.29 is 5.11 Å². The average Bonchev–Trinajstić information content (AvgIpc) is 2.28. The molecule has 1 aromatic rings. The van der Waals surface area contributed by atoms with E-state index in [1.165, 1.54) is 5.69 Å². The van der Waals surface area contributed by atoms with Gasteiger partial charge in [-0.3, -0.25) is 0 Å². The molecule has 0 radical (unpaired) electrons. The largest absolute Gasteiger partial charge is 0.393 e. The molecule has 0 bridgehead atoms. The lowest BCUT2D eigenvalue weighted by atomic mass is 9.90. The van der Waals surface area contributed by atoms with Gasteiger partial charge in [0.05, 0.1) is 6.10 Å². The van der Waals surface area contributed by atoms with Gasteiger partial charge in [-0.2, -0.15) is 0 Å². The van der Waals surface area contributed by atoms with Gasteiger partial charge in [0.25, 0.3) is 0 Å². The molecule has 0 saturated carbocycles. The van der Waals surface area contributed by atoms with Crippen LogP contribution in [0.25, 0.3) is 0 Å². The molecule has 3 atom stereocenters. The summed E-state index contributed by atoms with van der Waals surface area (Å²) in [6.07, 6.45) is 0.610. The van der Waals surface area contributed by atoms with Crippen molar-refractivity contribution in [2.45, 2.75) is 25.5 Å². The highest BCUT2D eigenvalue weighted by molar-refractivity contribution is 9.10. The van der Waals surface area contributed by atoms with Gasteiger partial charge in [0.1, 0.15) is 0 Å². The van der Waals surface area contributed by atoms with Gasteiger partial charge in [0, 0.05) is 35.2 Å². The van der Waals surface area contributed by atoms with E-state index in [0.29, 0.717) is 0 Å². The van der Waals surface area contributed by atoms with E-state index in [4.69, 9.17) is 5.73 Å². The first-order valence-corrected chi connectivity index (χ1v) is 6.79. The molecule has 0 aliphatic carbocycles.